The number of nitrogens with zero attached hydrogens (tertiary/aromatic N) is 2. The number of benzene rings is 1. The van der Waals surface area contributed by atoms with Gasteiger partial charge in [-0.2, -0.15) is 0 Å². The van der Waals surface area contributed by atoms with Crippen molar-refractivity contribution in [3.05, 3.63) is 67.6 Å². The van der Waals surface area contributed by atoms with Crippen molar-refractivity contribution in [3.8, 4) is 17.1 Å². The zero-order valence-corrected chi connectivity index (χ0v) is 23.4. The Hall–Kier alpha value is -2.28. The number of carbonyl (C=O) groups excluding carboxylic acids is 1. The number of carbonyl (C=O) groups is 1. The van der Waals surface area contributed by atoms with Gasteiger partial charge in [-0.15, -0.1) is 11.3 Å². The Balaban J connectivity index is 1.57. The lowest BCUT2D eigenvalue weighted by Crippen LogP contribution is -2.32. The summed E-state index contributed by atoms with van der Waals surface area (Å²) >= 11 is 13.7. The van der Waals surface area contributed by atoms with E-state index in [2.05, 4.69) is 22.9 Å². The van der Waals surface area contributed by atoms with Gasteiger partial charge in [-0.25, -0.2) is 4.98 Å². The Labute approximate surface area is 227 Å². The smallest absolute Gasteiger partial charge is 0.253 e. The van der Waals surface area contributed by atoms with E-state index < -0.39 is 0 Å². The summed E-state index contributed by atoms with van der Waals surface area (Å²) in [6.07, 6.45) is 9.15. The van der Waals surface area contributed by atoms with Crippen LogP contribution >= 0.6 is 34.5 Å². The molecule has 8 heteroatoms. The third-order valence-electron chi connectivity index (χ3n) is 6.66. The van der Waals surface area contributed by atoms with Crippen molar-refractivity contribution in [3.63, 3.8) is 0 Å². The molecule has 0 bridgehead atoms. The Kier molecular flexibility index (Phi) is 9.15. The van der Waals surface area contributed by atoms with Gasteiger partial charge in [0.05, 0.1) is 17.0 Å². The summed E-state index contributed by atoms with van der Waals surface area (Å²) in [5.41, 5.74) is 5.01. The molecule has 4 rings (SSSR count). The molecule has 1 atom stereocenters. The first kappa shape index (κ1) is 26.8. The highest BCUT2D eigenvalue weighted by atomic mass is 35.5. The minimum atomic E-state index is -0.0321. The lowest BCUT2D eigenvalue weighted by atomic mass is 9.97. The van der Waals surface area contributed by atoms with Gasteiger partial charge in [0, 0.05) is 33.7 Å². The van der Waals surface area contributed by atoms with Crippen LogP contribution in [0.4, 0.5) is 0 Å². The van der Waals surface area contributed by atoms with Crippen molar-refractivity contribution in [2.24, 2.45) is 0 Å². The van der Waals surface area contributed by atoms with E-state index in [1.807, 2.05) is 25.3 Å². The van der Waals surface area contributed by atoms with Gasteiger partial charge in [0.15, 0.2) is 0 Å². The molecule has 1 aliphatic rings. The van der Waals surface area contributed by atoms with E-state index in [0.29, 0.717) is 28.0 Å². The van der Waals surface area contributed by atoms with Gasteiger partial charge in [-0.05, 0) is 76.6 Å². The standard InChI is InChI=1S/C28H33Cl2N3O2S/c1-4-18(2)31-28(34)24-15-26(33(19(24)3)11-10-20-8-6-5-7-9-20)25-17-36-27(32-25)16-35-23-13-21(29)12-22(30)14-23/h8,12-15,17-18H,4-7,9-11,16H2,1-3H3,(H,31,34). The summed E-state index contributed by atoms with van der Waals surface area (Å²) in [5.74, 6) is 0.573. The molecule has 2 heterocycles. The molecule has 36 heavy (non-hydrogen) atoms. The summed E-state index contributed by atoms with van der Waals surface area (Å²) < 4.78 is 8.13. The third-order valence-corrected chi connectivity index (χ3v) is 7.91. The van der Waals surface area contributed by atoms with Crippen LogP contribution in [0, 0.1) is 6.92 Å². The number of ether oxygens (including phenoxy) is 1. The van der Waals surface area contributed by atoms with Crippen molar-refractivity contribution < 1.29 is 9.53 Å². The SMILES string of the molecule is CCC(C)NC(=O)c1cc(-c2csc(COc3cc(Cl)cc(Cl)c3)n2)n(CCC2=CCCCC2)c1C. The van der Waals surface area contributed by atoms with Crippen LogP contribution in [0.15, 0.2) is 41.3 Å². The van der Waals surface area contributed by atoms with E-state index in [1.54, 1.807) is 18.2 Å². The maximum atomic E-state index is 13.1. The molecule has 5 nitrogen and oxygen atoms in total. The van der Waals surface area contributed by atoms with Crippen LogP contribution < -0.4 is 10.1 Å². The van der Waals surface area contributed by atoms with Crippen molar-refractivity contribution in [2.75, 3.05) is 0 Å². The first-order chi connectivity index (χ1) is 17.3. The van der Waals surface area contributed by atoms with E-state index in [4.69, 9.17) is 32.9 Å². The Morgan fingerprint density at radius 2 is 2.00 bits per heavy atom. The minimum Gasteiger partial charge on any atom is -0.486 e. The third kappa shape index (κ3) is 6.72. The first-order valence-corrected chi connectivity index (χ1v) is 14.2. The Morgan fingerprint density at radius 3 is 2.69 bits per heavy atom. The van der Waals surface area contributed by atoms with Crippen molar-refractivity contribution >= 4 is 40.4 Å². The van der Waals surface area contributed by atoms with Crippen LogP contribution in [0.25, 0.3) is 11.4 Å². The van der Waals surface area contributed by atoms with Crippen LogP contribution in [0.3, 0.4) is 0 Å². The maximum absolute atomic E-state index is 13.1. The van der Waals surface area contributed by atoms with E-state index in [1.165, 1.54) is 42.6 Å². The second-order valence-corrected chi connectivity index (χ2v) is 11.2. The molecule has 192 valence electrons. The molecular formula is C28H33Cl2N3O2S. The van der Waals surface area contributed by atoms with Gasteiger partial charge in [-0.3, -0.25) is 4.79 Å². The van der Waals surface area contributed by atoms with E-state index in [0.717, 1.165) is 41.5 Å². The van der Waals surface area contributed by atoms with Gasteiger partial charge < -0.3 is 14.6 Å². The quantitative estimate of drug-likeness (QED) is 0.261. The summed E-state index contributed by atoms with van der Waals surface area (Å²) in [7, 11) is 0. The highest BCUT2D eigenvalue weighted by Gasteiger charge is 2.21. The van der Waals surface area contributed by atoms with Crippen molar-refractivity contribution in [1.82, 2.24) is 14.9 Å². The number of hydrogen-bond donors (Lipinski definition) is 1. The zero-order valence-electron chi connectivity index (χ0n) is 21.1. The van der Waals surface area contributed by atoms with E-state index >= 15 is 0 Å². The molecule has 1 N–H and O–H groups in total. The largest absolute Gasteiger partial charge is 0.486 e. The molecule has 0 saturated carbocycles. The van der Waals surface area contributed by atoms with Crippen LogP contribution in [0.1, 0.15) is 73.4 Å². The molecule has 1 amide bonds. The molecule has 3 aromatic rings. The molecular weight excluding hydrogens is 513 g/mol. The lowest BCUT2D eigenvalue weighted by molar-refractivity contribution is 0.0938. The summed E-state index contributed by atoms with van der Waals surface area (Å²) in [6.45, 7) is 7.27. The number of thiazole rings is 1. The topological polar surface area (TPSA) is 56.1 Å². The maximum Gasteiger partial charge on any atom is 0.253 e. The fourth-order valence-electron chi connectivity index (χ4n) is 4.42. The highest BCUT2D eigenvalue weighted by Crippen LogP contribution is 2.31. The van der Waals surface area contributed by atoms with Gasteiger partial charge in [-0.1, -0.05) is 41.8 Å². The van der Waals surface area contributed by atoms with Gasteiger partial charge in [0.2, 0.25) is 0 Å². The number of aromatic nitrogens is 2. The monoisotopic (exact) mass is 545 g/mol. The van der Waals surface area contributed by atoms with E-state index in [-0.39, 0.29) is 11.9 Å². The summed E-state index contributed by atoms with van der Waals surface area (Å²) in [6, 6.07) is 7.25. The number of hydrogen-bond acceptors (Lipinski definition) is 4. The second kappa shape index (κ2) is 12.3. The minimum absolute atomic E-state index is 0.0321. The van der Waals surface area contributed by atoms with Gasteiger partial charge >= 0.3 is 0 Å². The molecule has 0 radical (unpaired) electrons. The number of rotatable bonds is 10. The van der Waals surface area contributed by atoms with Gasteiger partial charge in [0.1, 0.15) is 17.4 Å². The van der Waals surface area contributed by atoms with Crippen LogP contribution in [0.5, 0.6) is 5.75 Å². The Morgan fingerprint density at radius 1 is 1.22 bits per heavy atom. The normalized spacial score (nSPS) is 14.4. The van der Waals surface area contributed by atoms with Crippen molar-refractivity contribution in [2.45, 2.75) is 78.5 Å². The molecule has 1 unspecified atom stereocenters. The fourth-order valence-corrected chi connectivity index (χ4v) is 5.62. The Bertz CT molecular complexity index is 1230. The average Bonchev–Trinajstić information content (AvgIpc) is 3.45. The molecule has 0 spiro atoms. The van der Waals surface area contributed by atoms with Crippen LogP contribution in [-0.4, -0.2) is 21.5 Å². The molecule has 0 saturated heterocycles. The lowest BCUT2D eigenvalue weighted by Gasteiger charge is -2.16. The highest BCUT2D eigenvalue weighted by molar-refractivity contribution is 7.09. The summed E-state index contributed by atoms with van der Waals surface area (Å²) in [5, 5.41) is 7.05. The number of nitrogens with one attached hydrogen (secondary N) is 1. The second-order valence-electron chi connectivity index (χ2n) is 9.34. The average molecular weight is 547 g/mol. The van der Waals surface area contributed by atoms with Crippen LogP contribution in [0.2, 0.25) is 10.0 Å². The van der Waals surface area contributed by atoms with E-state index in [9.17, 15) is 4.79 Å². The van der Waals surface area contributed by atoms with Crippen molar-refractivity contribution in [1.29, 1.82) is 0 Å². The summed E-state index contributed by atoms with van der Waals surface area (Å²) in [4.78, 5) is 17.9. The predicted molar refractivity (Wildman–Crippen MR) is 149 cm³/mol. The van der Waals surface area contributed by atoms with Crippen LogP contribution in [-0.2, 0) is 13.2 Å². The molecule has 0 aliphatic heterocycles. The number of halogens is 2. The zero-order chi connectivity index (χ0) is 25.7. The first-order valence-electron chi connectivity index (χ1n) is 12.6. The number of allylic oxidation sites excluding steroid dienone is 2. The van der Waals surface area contributed by atoms with Gasteiger partial charge in [0.25, 0.3) is 5.91 Å². The molecule has 2 aromatic heterocycles. The number of amides is 1. The molecule has 0 fully saturated rings. The molecule has 1 aromatic carbocycles. The predicted octanol–water partition coefficient (Wildman–Crippen LogP) is 8.22. The molecule has 1 aliphatic carbocycles. The fraction of sp³-hybridized carbons (Fsp3) is 0.429.